The standard InChI is InChI=1S/C10H12N6O2/c1-15-4-3-6(13-15)10(18)12-7-5-16(2)14-8(7)9(11)17/h3-5H,1-2H3,(H2,11,17)(H,12,18). The summed E-state index contributed by atoms with van der Waals surface area (Å²) in [6.07, 6.45) is 3.15. The molecular weight excluding hydrogens is 236 g/mol. The highest BCUT2D eigenvalue weighted by Crippen LogP contribution is 2.13. The zero-order valence-electron chi connectivity index (χ0n) is 9.91. The van der Waals surface area contributed by atoms with Gasteiger partial charge in [0.1, 0.15) is 0 Å². The Morgan fingerprint density at radius 3 is 2.56 bits per heavy atom. The van der Waals surface area contributed by atoms with Crippen LogP contribution in [0.2, 0.25) is 0 Å². The van der Waals surface area contributed by atoms with E-state index in [1.54, 1.807) is 26.4 Å². The van der Waals surface area contributed by atoms with Gasteiger partial charge in [-0.3, -0.25) is 19.0 Å². The molecule has 2 aromatic heterocycles. The maximum Gasteiger partial charge on any atom is 0.276 e. The third-order valence-electron chi connectivity index (χ3n) is 2.26. The Hall–Kier alpha value is -2.64. The number of nitrogens with zero attached hydrogens (tertiary/aromatic N) is 4. The molecule has 0 spiro atoms. The van der Waals surface area contributed by atoms with E-state index in [1.165, 1.54) is 15.6 Å². The monoisotopic (exact) mass is 248 g/mol. The molecule has 0 saturated heterocycles. The van der Waals surface area contributed by atoms with Crippen LogP contribution in [0.1, 0.15) is 21.0 Å². The zero-order valence-corrected chi connectivity index (χ0v) is 9.91. The number of aryl methyl sites for hydroxylation is 2. The van der Waals surface area contributed by atoms with Crippen molar-refractivity contribution in [1.82, 2.24) is 19.6 Å². The summed E-state index contributed by atoms with van der Waals surface area (Å²) in [7, 11) is 3.33. The van der Waals surface area contributed by atoms with Gasteiger partial charge in [0, 0.05) is 26.5 Å². The van der Waals surface area contributed by atoms with E-state index in [2.05, 4.69) is 15.5 Å². The van der Waals surface area contributed by atoms with Gasteiger partial charge in [0.05, 0.1) is 5.69 Å². The minimum atomic E-state index is -0.702. The van der Waals surface area contributed by atoms with Gasteiger partial charge >= 0.3 is 0 Å². The highest BCUT2D eigenvalue weighted by atomic mass is 16.2. The van der Waals surface area contributed by atoms with Crippen molar-refractivity contribution in [3.05, 3.63) is 29.8 Å². The van der Waals surface area contributed by atoms with Crippen LogP contribution in [0.4, 0.5) is 5.69 Å². The zero-order chi connectivity index (χ0) is 13.3. The first-order valence-corrected chi connectivity index (χ1v) is 5.12. The summed E-state index contributed by atoms with van der Waals surface area (Å²) in [5, 5.41) is 10.4. The highest BCUT2D eigenvalue weighted by molar-refractivity contribution is 6.06. The van der Waals surface area contributed by atoms with E-state index in [9.17, 15) is 9.59 Å². The van der Waals surface area contributed by atoms with E-state index in [-0.39, 0.29) is 17.1 Å². The molecule has 2 aromatic rings. The van der Waals surface area contributed by atoms with Crippen molar-refractivity contribution in [1.29, 1.82) is 0 Å². The van der Waals surface area contributed by atoms with Crippen molar-refractivity contribution in [3.63, 3.8) is 0 Å². The number of primary amides is 1. The minimum absolute atomic E-state index is 0.0155. The first kappa shape index (κ1) is 11.8. The van der Waals surface area contributed by atoms with Crippen LogP contribution in [0.15, 0.2) is 18.5 Å². The fourth-order valence-corrected chi connectivity index (χ4v) is 1.48. The number of aromatic nitrogens is 4. The SMILES string of the molecule is Cn1ccc(C(=O)Nc2cn(C)nc2C(N)=O)n1. The predicted molar refractivity (Wildman–Crippen MR) is 62.9 cm³/mol. The maximum absolute atomic E-state index is 11.8. The quantitative estimate of drug-likeness (QED) is 0.763. The summed E-state index contributed by atoms with van der Waals surface area (Å²) in [5.41, 5.74) is 5.69. The van der Waals surface area contributed by atoms with E-state index in [1.807, 2.05) is 0 Å². The molecule has 18 heavy (non-hydrogen) atoms. The number of nitrogens with one attached hydrogen (secondary N) is 1. The molecule has 94 valence electrons. The molecule has 0 aliphatic rings. The molecule has 0 fully saturated rings. The fraction of sp³-hybridized carbons (Fsp3) is 0.200. The average molecular weight is 248 g/mol. The number of nitrogens with two attached hydrogens (primary N) is 1. The van der Waals surface area contributed by atoms with Crippen LogP contribution in [-0.2, 0) is 14.1 Å². The molecule has 0 atom stereocenters. The van der Waals surface area contributed by atoms with Gasteiger partial charge in [-0.15, -0.1) is 0 Å². The van der Waals surface area contributed by atoms with E-state index < -0.39 is 11.8 Å². The van der Waals surface area contributed by atoms with Gasteiger partial charge in [-0.25, -0.2) is 0 Å². The summed E-state index contributed by atoms with van der Waals surface area (Å²) < 4.78 is 2.90. The topological polar surface area (TPSA) is 108 Å². The van der Waals surface area contributed by atoms with Gasteiger partial charge in [0.25, 0.3) is 11.8 Å². The first-order chi connectivity index (χ1) is 8.47. The molecule has 8 nitrogen and oxygen atoms in total. The van der Waals surface area contributed by atoms with Gasteiger partial charge < -0.3 is 11.1 Å². The number of carbonyl (C=O) groups is 2. The largest absolute Gasteiger partial charge is 0.364 e. The molecular formula is C10H12N6O2. The molecule has 8 heteroatoms. The predicted octanol–water partition coefficient (Wildman–Crippen LogP) is -0.495. The van der Waals surface area contributed by atoms with Crippen LogP contribution in [0, 0.1) is 0 Å². The number of rotatable bonds is 3. The lowest BCUT2D eigenvalue weighted by Crippen LogP contribution is -2.18. The molecule has 0 saturated carbocycles. The van der Waals surface area contributed by atoms with Gasteiger partial charge in [-0.05, 0) is 6.07 Å². The number of hydrogen-bond donors (Lipinski definition) is 2. The van der Waals surface area contributed by atoms with E-state index in [0.717, 1.165) is 0 Å². The number of anilines is 1. The maximum atomic E-state index is 11.8. The number of hydrogen-bond acceptors (Lipinski definition) is 4. The highest BCUT2D eigenvalue weighted by Gasteiger charge is 2.17. The summed E-state index contributed by atoms with van der Waals surface area (Å²) in [6, 6.07) is 1.57. The van der Waals surface area contributed by atoms with Crippen molar-refractivity contribution < 1.29 is 9.59 Å². The Morgan fingerprint density at radius 1 is 1.28 bits per heavy atom. The van der Waals surface area contributed by atoms with Crippen molar-refractivity contribution in [3.8, 4) is 0 Å². The molecule has 0 unspecified atom stereocenters. The Morgan fingerprint density at radius 2 is 2.00 bits per heavy atom. The smallest absolute Gasteiger partial charge is 0.276 e. The summed E-state index contributed by atoms with van der Waals surface area (Å²) >= 11 is 0. The molecule has 0 radical (unpaired) electrons. The molecule has 3 N–H and O–H groups in total. The second-order valence-electron chi connectivity index (χ2n) is 3.76. The summed E-state index contributed by atoms with van der Waals surface area (Å²) in [4.78, 5) is 23.0. The number of amides is 2. The Bertz CT molecular complexity index is 612. The summed E-state index contributed by atoms with van der Waals surface area (Å²) in [6.45, 7) is 0. The third kappa shape index (κ3) is 2.21. The fourth-order valence-electron chi connectivity index (χ4n) is 1.48. The minimum Gasteiger partial charge on any atom is -0.364 e. The molecule has 0 aromatic carbocycles. The average Bonchev–Trinajstić information content (AvgIpc) is 2.85. The van der Waals surface area contributed by atoms with Gasteiger partial charge in [0.2, 0.25) is 0 Å². The van der Waals surface area contributed by atoms with Crippen LogP contribution in [0.25, 0.3) is 0 Å². The first-order valence-electron chi connectivity index (χ1n) is 5.12. The van der Waals surface area contributed by atoms with Crippen LogP contribution in [-0.4, -0.2) is 31.4 Å². The lowest BCUT2D eigenvalue weighted by molar-refractivity contribution is 0.0995. The molecule has 2 heterocycles. The van der Waals surface area contributed by atoms with Crippen LogP contribution in [0.5, 0.6) is 0 Å². The number of carbonyl (C=O) groups excluding carboxylic acids is 2. The van der Waals surface area contributed by atoms with Crippen LogP contribution < -0.4 is 11.1 Å². The lowest BCUT2D eigenvalue weighted by atomic mass is 10.3. The molecule has 2 amide bonds. The second-order valence-corrected chi connectivity index (χ2v) is 3.76. The van der Waals surface area contributed by atoms with E-state index >= 15 is 0 Å². The third-order valence-corrected chi connectivity index (χ3v) is 2.26. The van der Waals surface area contributed by atoms with E-state index in [0.29, 0.717) is 0 Å². The lowest BCUT2D eigenvalue weighted by Gasteiger charge is -2.00. The Kier molecular flexibility index (Phi) is 2.84. The van der Waals surface area contributed by atoms with Crippen LogP contribution >= 0.6 is 0 Å². The van der Waals surface area contributed by atoms with Crippen molar-refractivity contribution in [2.75, 3.05) is 5.32 Å². The van der Waals surface area contributed by atoms with Gasteiger partial charge in [-0.1, -0.05) is 0 Å². The van der Waals surface area contributed by atoms with Crippen molar-refractivity contribution in [2.24, 2.45) is 19.8 Å². The summed E-state index contributed by atoms with van der Waals surface area (Å²) in [5.74, 6) is -1.13. The Balaban J connectivity index is 2.24. The van der Waals surface area contributed by atoms with Crippen molar-refractivity contribution >= 4 is 17.5 Å². The molecule has 2 rings (SSSR count). The van der Waals surface area contributed by atoms with Crippen LogP contribution in [0.3, 0.4) is 0 Å². The van der Waals surface area contributed by atoms with Gasteiger partial charge in [-0.2, -0.15) is 10.2 Å². The Labute approximate surface area is 102 Å². The van der Waals surface area contributed by atoms with E-state index in [4.69, 9.17) is 5.73 Å². The van der Waals surface area contributed by atoms with Crippen molar-refractivity contribution in [2.45, 2.75) is 0 Å². The molecule has 0 aliphatic heterocycles. The van der Waals surface area contributed by atoms with Gasteiger partial charge in [0.15, 0.2) is 11.4 Å². The normalized spacial score (nSPS) is 10.3. The molecule has 0 bridgehead atoms. The second kappa shape index (κ2) is 4.32. The molecule has 0 aliphatic carbocycles.